The standard InChI is InChI=1S/C13H20N2O3/c1-3-10(2)15-12(16)7-4-8-14-13(17)11-6-5-9-18-11/h5-6,9-10H,3-4,7-8H2,1-2H3,(H,14,17)(H,15,16). The van der Waals surface area contributed by atoms with Gasteiger partial charge in [-0.05, 0) is 31.9 Å². The van der Waals surface area contributed by atoms with E-state index in [0.29, 0.717) is 25.1 Å². The molecule has 0 radical (unpaired) electrons. The number of carbonyl (C=O) groups is 2. The van der Waals surface area contributed by atoms with Gasteiger partial charge in [0.2, 0.25) is 5.91 Å². The Morgan fingerprint density at radius 2 is 2.22 bits per heavy atom. The highest BCUT2D eigenvalue weighted by Crippen LogP contribution is 1.99. The molecule has 0 spiro atoms. The average molecular weight is 252 g/mol. The van der Waals surface area contributed by atoms with E-state index in [4.69, 9.17) is 4.42 Å². The lowest BCUT2D eigenvalue weighted by Gasteiger charge is -2.11. The maximum atomic E-state index is 11.5. The molecule has 1 aromatic heterocycles. The third-order valence-electron chi connectivity index (χ3n) is 2.63. The van der Waals surface area contributed by atoms with E-state index in [1.54, 1.807) is 12.1 Å². The van der Waals surface area contributed by atoms with E-state index >= 15 is 0 Å². The van der Waals surface area contributed by atoms with Crippen LogP contribution in [0.15, 0.2) is 22.8 Å². The Morgan fingerprint density at radius 3 is 2.83 bits per heavy atom. The van der Waals surface area contributed by atoms with Crippen LogP contribution in [0.4, 0.5) is 0 Å². The summed E-state index contributed by atoms with van der Waals surface area (Å²) in [4.78, 5) is 22.9. The zero-order chi connectivity index (χ0) is 13.4. The van der Waals surface area contributed by atoms with Gasteiger partial charge < -0.3 is 15.1 Å². The molecule has 18 heavy (non-hydrogen) atoms. The fourth-order valence-corrected chi connectivity index (χ4v) is 1.39. The van der Waals surface area contributed by atoms with Gasteiger partial charge in [-0.25, -0.2) is 0 Å². The number of rotatable bonds is 7. The second-order valence-corrected chi connectivity index (χ2v) is 4.21. The van der Waals surface area contributed by atoms with Crippen LogP contribution >= 0.6 is 0 Å². The highest BCUT2D eigenvalue weighted by atomic mass is 16.3. The Kier molecular flexibility index (Phi) is 5.97. The molecular weight excluding hydrogens is 232 g/mol. The van der Waals surface area contributed by atoms with E-state index in [1.165, 1.54) is 6.26 Å². The number of carbonyl (C=O) groups excluding carboxylic acids is 2. The van der Waals surface area contributed by atoms with Crippen LogP contribution < -0.4 is 10.6 Å². The van der Waals surface area contributed by atoms with Crippen molar-refractivity contribution in [3.63, 3.8) is 0 Å². The second kappa shape index (κ2) is 7.53. The number of amides is 2. The molecule has 0 bridgehead atoms. The van der Waals surface area contributed by atoms with Crippen molar-refractivity contribution in [2.75, 3.05) is 6.54 Å². The molecule has 0 saturated heterocycles. The Labute approximate surface area is 107 Å². The summed E-state index contributed by atoms with van der Waals surface area (Å²) in [5.74, 6) is 0.0676. The lowest BCUT2D eigenvalue weighted by Crippen LogP contribution is -2.32. The van der Waals surface area contributed by atoms with Crippen LogP contribution in [0.1, 0.15) is 43.7 Å². The molecular formula is C13H20N2O3. The molecule has 1 atom stereocenters. The first kappa shape index (κ1) is 14.3. The molecule has 0 fully saturated rings. The summed E-state index contributed by atoms with van der Waals surface area (Å²) in [5.41, 5.74) is 0. The lowest BCUT2D eigenvalue weighted by atomic mass is 10.2. The molecule has 0 aliphatic rings. The van der Waals surface area contributed by atoms with Gasteiger partial charge in [-0.2, -0.15) is 0 Å². The predicted octanol–water partition coefficient (Wildman–Crippen LogP) is 1.70. The van der Waals surface area contributed by atoms with Crippen molar-refractivity contribution in [3.05, 3.63) is 24.2 Å². The summed E-state index contributed by atoms with van der Waals surface area (Å²) >= 11 is 0. The maximum absolute atomic E-state index is 11.5. The van der Waals surface area contributed by atoms with Crippen molar-refractivity contribution in [2.24, 2.45) is 0 Å². The Hall–Kier alpha value is -1.78. The largest absolute Gasteiger partial charge is 0.459 e. The van der Waals surface area contributed by atoms with Gasteiger partial charge in [-0.3, -0.25) is 9.59 Å². The molecule has 2 N–H and O–H groups in total. The van der Waals surface area contributed by atoms with Crippen molar-refractivity contribution >= 4 is 11.8 Å². The summed E-state index contributed by atoms with van der Waals surface area (Å²) in [6, 6.07) is 3.47. The van der Waals surface area contributed by atoms with Crippen molar-refractivity contribution < 1.29 is 14.0 Å². The topological polar surface area (TPSA) is 71.3 Å². The molecule has 5 nitrogen and oxygen atoms in total. The smallest absolute Gasteiger partial charge is 0.286 e. The molecule has 0 aromatic carbocycles. The van der Waals surface area contributed by atoms with E-state index in [1.807, 2.05) is 13.8 Å². The van der Waals surface area contributed by atoms with E-state index in [2.05, 4.69) is 10.6 Å². The van der Waals surface area contributed by atoms with Crippen LogP contribution in [0.5, 0.6) is 0 Å². The van der Waals surface area contributed by atoms with Crippen LogP contribution in [0.2, 0.25) is 0 Å². The lowest BCUT2D eigenvalue weighted by molar-refractivity contribution is -0.121. The minimum atomic E-state index is -0.248. The number of hydrogen-bond donors (Lipinski definition) is 2. The SMILES string of the molecule is CCC(C)NC(=O)CCCNC(=O)c1ccco1. The first-order valence-electron chi connectivity index (χ1n) is 6.24. The Morgan fingerprint density at radius 1 is 1.44 bits per heavy atom. The molecule has 1 aromatic rings. The summed E-state index contributed by atoms with van der Waals surface area (Å²) < 4.78 is 4.95. The van der Waals surface area contributed by atoms with Gasteiger partial charge in [0.15, 0.2) is 5.76 Å². The fraction of sp³-hybridized carbons (Fsp3) is 0.538. The minimum absolute atomic E-state index is 0.0246. The van der Waals surface area contributed by atoms with Crippen molar-refractivity contribution in [3.8, 4) is 0 Å². The highest BCUT2D eigenvalue weighted by Gasteiger charge is 2.08. The summed E-state index contributed by atoms with van der Waals surface area (Å²) in [7, 11) is 0. The second-order valence-electron chi connectivity index (χ2n) is 4.21. The molecule has 1 unspecified atom stereocenters. The number of nitrogens with one attached hydrogen (secondary N) is 2. The molecule has 1 rings (SSSR count). The van der Waals surface area contributed by atoms with Crippen LogP contribution in [-0.2, 0) is 4.79 Å². The van der Waals surface area contributed by atoms with Crippen molar-refractivity contribution in [1.82, 2.24) is 10.6 Å². The predicted molar refractivity (Wildman–Crippen MR) is 68.2 cm³/mol. The average Bonchev–Trinajstić information content (AvgIpc) is 2.88. The summed E-state index contributed by atoms with van der Waals surface area (Å²) in [6.07, 6.45) is 3.41. The van der Waals surface area contributed by atoms with Crippen LogP contribution in [0.25, 0.3) is 0 Å². The molecule has 0 aliphatic carbocycles. The monoisotopic (exact) mass is 252 g/mol. The van der Waals surface area contributed by atoms with Crippen molar-refractivity contribution in [2.45, 2.75) is 39.2 Å². The molecule has 5 heteroatoms. The first-order chi connectivity index (χ1) is 8.63. The van der Waals surface area contributed by atoms with Gasteiger partial charge in [0, 0.05) is 19.0 Å². The fourth-order valence-electron chi connectivity index (χ4n) is 1.39. The number of furan rings is 1. The van der Waals surface area contributed by atoms with Gasteiger partial charge in [0.05, 0.1) is 6.26 Å². The van der Waals surface area contributed by atoms with Gasteiger partial charge in [-0.1, -0.05) is 6.92 Å². The first-order valence-corrected chi connectivity index (χ1v) is 6.24. The van der Waals surface area contributed by atoms with Crippen LogP contribution in [-0.4, -0.2) is 24.4 Å². The van der Waals surface area contributed by atoms with E-state index in [0.717, 1.165) is 6.42 Å². The van der Waals surface area contributed by atoms with Gasteiger partial charge in [0.1, 0.15) is 0 Å². The minimum Gasteiger partial charge on any atom is -0.459 e. The van der Waals surface area contributed by atoms with E-state index < -0.39 is 0 Å². The summed E-state index contributed by atoms with van der Waals surface area (Å²) in [6.45, 7) is 4.46. The van der Waals surface area contributed by atoms with Crippen LogP contribution in [0, 0.1) is 0 Å². The zero-order valence-corrected chi connectivity index (χ0v) is 10.9. The van der Waals surface area contributed by atoms with Crippen molar-refractivity contribution in [1.29, 1.82) is 0 Å². The third-order valence-corrected chi connectivity index (χ3v) is 2.63. The molecule has 2 amide bonds. The zero-order valence-electron chi connectivity index (χ0n) is 10.9. The molecule has 100 valence electrons. The third kappa shape index (κ3) is 5.03. The number of hydrogen-bond acceptors (Lipinski definition) is 3. The molecule has 0 aliphatic heterocycles. The summed E-state index contributed by atoms with van der Waals surface area (Å²) in [5, 5.41) is 5.57. The van der Waals surface area contributed by atoms with E-state index in [-0.39, 0.29) is 17.9 Å². The highest BCUT2D eigenvalue weighted by molar-refractivity contribution is 5.91. The van der Waals surface area contributed by atoms with Gasteiger partial charge >= 0.3 is 0 Å². The molecule has 1 heterocycles. The Bertz CT molecular complexity index is 374. The quantitative estimate of drug-likeness (QED) is 0.726. The van der Waals surface area contributed by atoms with Gasteiger partial charge in [0.25, 0.3) is 5.91 Å². The van der Waals surface area contributed by atoms with E-state index in [9.17, 15) is 9.59 Å². The van der Waals surface area contributed by atoms with Gasteiger partial charge in [-0.15, -0.1) is 0 Å². The normalized spacial score (nSPS) is 11.9. The van der Waals surface area contributed by atoms with Crippen LogP contribution in [0.3, 0.4) is 0 Å². The maximum Gasteiger partial charge on any atom is 0.286 e. The molecule has 0 saturated carbocycles. The Balaban J connectivity index is 2.12.